The molecule has 9 heteroatoms. The first kappa shape index (κ1) is 32.2. The van der Waals surface area contributed by atoms with Gasteiger partial charge in [0.1, 0.15) is 6.10 Å². The minimum atomic E-state index is -0.581. The molecule has 0 aliphatic carbocycles. The summed E-state index contributed by atoms with van der Waals surface area (Å²) >= 11 is 9.54. The van der Waals surface area contributed by atoms with E-state index in [1.807, 2.05) is 13.8 Å². The fourth-order valence-corrected chi connectivity index (χ4v) is 3.09. The van der Waals surface area contributed by atoms with Crippen molar-refractivity contribution in [1.82, 2.24) is 0 Å². The van der Waals surface area contributed by atoms with E-state index in [4.69, 9.17) is 9.47 Å². The van der Waals surface area contributed by atoms with Crippen molar-refractivity contribution in [2.24, 2.45) is 22.7 Å². The summed E-state index contributed by atoms with van der Waals surface area (Å²) in [4.78, 5) is 11.3. The third kappa shape index (κ3) is 9.60. The zero-order chi connectivity index (χ0) is 22.0. The van der Waals surface area contributed by atoms with Crippen LogP contribution in [0.2, 0.25) is 0 Å². The van der Waals surface area contributed by atoms with Gasteiger partial charge in [-0.05, 0) is 32.6 Å². The van der Waals surface area contributed by atoms with Crippen molar-refractivity contribution in [3.63, 3.8) is 0 Å². The molecule has 5 atom stereocenters. The molecule has 2 fully saturated rings. The second-order valence-electron chi connectivity index (χ2n) is 7.96. The summed E-state index contributed by atoms with van der Waals surface area (Å²) in [5, 5.41) is 9.51. The van der Waals surface area contributed by atoms with Gasteiger partial charge in [0.15, 0.2) is 6.29 Å². The Labute approximate surface area is 219 Å². The number of ether oxygens (including phenoxy) is 2. The molecule has 0 aromatic carbocycles. The average Bonchev–Trinajstić information content (AvgIpc) is 2.95. The van der Waals surface area contributed by atoms with Crippen molar-refractivity contribution >= 4 is 80.4 Å². The Morgan fingerprint density at radius 1 is 1.00 bits per heavy atom. The molecule has 0 bridgehead atoms. The van der Waals surface area contributed by atoms with Gasteiger partial charge in [-0.2, -0.15) is 0 Å². The number of halogens is 5. The summed E-state index contributed by atoms with van der Waals surface area (Å²) in [7, 11) is 0. The van der Waals surface area contributed by atoms with Gasteiger partial charge in [0.2, 0.25) is 0 Å². The summed E-state index contributed by atoms with van der Waals surface area (Å²) in [6.45, 7) is 16.4. The monoisotopic (exact) mass is 949 g/mol. The van der Waals surface area contributed by atoms with Crippen LogP contribution < -0.4 is 13.3 Å². The van der Waals surface area contributed by atoms with Crippen LogP contribution in [-0.4, -0.2) is 29.6 Å². The number of hydrogen-bond donors (Lipinski definition) is 1. The van der Waals surface area contributed by atoms with E-state index in [-0.39, 0.29) is 29.0 Å². The first-order chi connectivity index (χ1) is 12.4. The van der Waals surface area contributed by atoms with Crippen LogP contribution in [-0.2, 0) is 14.3 Å². The fraction of sp³-hybridized carbons (Fsp3) is 0.944. The van der Waals surface area contributed by atoms with Gasteiger partial charge >= 0.3 is 56.5 Å². The zero-order valence-electron chi connectivity index (χ0n) is 17.4. The van der Waals surface area contributed by atoms with Crippen LogP contribution in [0.25, 0.3) is 0 Å². The molecule has 1 N–H and O–H groups in total. The summed E-state index contributed by atoms with van der Waals surface area (Å²) in [6.07, 6.45) is 1.71. The van der Waals surface area contributed by atoms with E-state index >= 15 is 0 Å². The summed E-state index contributed by atoms with van der Waals surface area (Å²) in [6, 6.07) is 0. The van der Waals surface area contributed by atoms with Crippen LogP contribution in [0, 0.1) is 22.7 Å². The van der Waals surface area contributed by atoms with E-state index in [2.05, 4.69) is 116 Å². The molecule has 166 valence electrons. The molecule has 2 aliphatic rings. The standard InChI is InChI=1S/C9H18O2.C9H16O2.I3.I2/c2*1-5-7-6(2)9(3,4)8(10)11-7;1-3-2;1-2/h6-8,10H,5H2,1-4H3;6-7H,5H2,1-4H3;;/q;;-1;/t6-,7-,8?;6-,7-;;/m11../s1. The number of rotatable bonds is 2. The third-order valence-electron chi connectivity index (χ3n) is 5.96. The van der Waals surface area contributed by atoms with Gasteiger partial charge in [-0.3, -0.25) is 4.79 Å². The van der Waals surface area contributed by atoms with Crippen molar-refractivity contribution in [2.75, 3.05) is 0 Å². The predicted octanol–water partition coefficient (Wildman–Crippen LogP) is 4.31. The fourth-order valence-electron chi connectivity index (χ4n) is 3.09. The van der Waals surface area contributed by atoms with Gasteiger partial charge in [-0.15, -0.1) is 0 Å². The second-order valence-corrected chi connectivity index (χ2v) is 24.2. The maximum atomic E-state index is 11.3. The number of aliphatic hydroxyl groups excluding tert-OH is 1. The van der Waals surface area contributed by atoms with Crippen molar-refractivity contribution < 1.29 is 32.6 Å². The number of cyclic esters (lactones) is 1. The molecule has 0 saturated carbocycles. The number of aliphatic hydroxyl groups is 1. The summed E-state index contributed by atoms with van der Waals surface area (Å²) in [5.74, 6) is 0.749. The first-order valence-electron chi connectivity index (χ1n) is 8.97. The van der Waals surface area contributed by atoms with E-state index in [0.717, 1.165) is 12.8 Å². The van der Waals surface area contributed by atoms with Crippen molar-refractivity contribution in [3.8, 4) is 0 Å². The molecule has 2 heterocycles. The summed E-state index contributed by atoms with van der Waals surface area (Å²) in [5.41, 5.74) is -0.360. The number of carbonyl (C=O) groups excluding carboxylic acids is 1. The first-order valence-corrected chi connectivity index (χ1v) is 27.8. The normalized spacial score (nSPS) is 32.9. The minimum absolute atomic E-state index is 0.0446. The Hall–Kier alpha value is 3.04. The third-order valence-corrected chi connectivity index (χ3v) is 5.96. The van der Waals surface area contributed by atoms with Crippen LogP contribution in [0.3, 0.4) is 0 Å². The van der Waals surface area contributed by atoms with Crippen molar-refractivity contribution in [3.05, 3.63) is 0 Å². The van der Waals surface area contributed by atoms with E-state index in [1.54, 1.807) is 0 Å². The van der Waals surface area contributed by atoms with E-state index < -0.39 is 6.29 Å². The Bertz CT molecular complexity index is 421. The van der Waals surface area contributed by atoms with E-state index in [9.17, 15) is 9.90 Å². The Balaban J connectivity index is 0. The Morgan fingerprint density at radius 3 is 1.56 bits per heavy atom. The quantitative estimate of drug-likeness (QED) is 0.332. The topological polar surface area (TPSA) is 55.8 Å². The Morgan fingerprint density at radius 2 is 1.41 bits per heavy atom. The van der Waals surface area contributed by atoms with Gasteiger partial charge in [-0.25, -0.2) is 0 Å². The van der Waals surface area contributed by atoms with E-state index in [0.29, 0.717) is 25.1 Å². The number of carbonyl (C=O) groups is 1. The van der Waals surface area contributed by atoms with Crippen molar-refractivity contribution in [1.29, 1.82) is 0 Å². The van der Waals surface area contributed by atoms with Crippen LogP contribution >= 0.6 is 74.5 Å². The average molecular weight is 949 g/mol. The van der Waals surface area contributed by atoms with Crippen LogP contribution in [0.5, 0.6) is 0 Å². The summed E-state index contributed by atoms with van der Waals surface area (Å²) < 4.78 is 10.6. The molecule has 4 nitrogen and oxygen atoms in total. The molecule has 0 amide bonds. The van der Waals surface area contributed by atoms with Gasteiger partial charge in [0, 0.05) is 48.6 Å². The SMILES string of the molecule is CC[C@H]1OC(=O)C(C)(C)[C@@H]1C.CC[C@H]1OC(O)C(C)(C)[C@@H]1C.II.I[I-]I. The van der Waals surface area contributed by atoms with Gasteiger partial charge in [0.05, 0.1) is 11.5 Å². The van der Waals surface area contributed by atoms with E-state index in [1.165, 1.54) is 0 Å². The van der Waals surface area contributed by atoms with Crippen molar-refractivity contribution in [2.45, 2.75) is 86.7 Å². The Kier molecular flexibility index (Phi) is 18.8. The second kappa shape index (κ2) is 15.8. The predicted molar refractivity (Wildman–Crippen MR) is 143 cm³/mol. The molecule has 0 radical (unpaired) electrons. The molecule has 0 aromatic heterocycles. The maximum absolute atomic E-state index is 11.3. The van der Waals surface area contributed by atoms with Crippen LogP contribution in [0.4, 0.5) is 0 Å². The van der Waals surface area contributed by atoms with Crippen LogP contribution in [0.1, 0.15) is 68.2 Å². The molecule has 2 aliphatic heterocycles. The van der Waals surface area contributed by atoms with Gasteiger partial charge in [0.25, 0.3) is 0 Å². The molecule has 2 saturated heterocycles. The molecular weight excluding hydrogens is 915 g/mol. The molecular formula is C18H34I5O4-. The molecule has 0 spiro atoms. The number of esters is 1. The molecule has 1 unspecified atom stereocenters. The molecule has 27 heavy (non-hydrogen) atoms. The number of hydrogen-bond acceptors (Lipinski definition) is 4. The molecule has 2 rings (SSSR count). The van der Waals surface area contributed by atoms with Gasteiger partial charge < -0.3 is 14.6 Å². The molecule has 0 aromatic rings. The van der Waals surface area contributed by atoms with Crippen LogP contribution in [0.15, 0.2) is 0 Å². The van der Waals surface area contributed by atoms with Gasteiger partial charge in [-0.1, -0.05) is 41.5 Å². The zero-order valence-corrected chi connectivity index (χ0v) is 28.2.